The number of hydrogen-bond donors (Lipinski definition) is 1. The summed E-state index contributed by atoms with van der Waals surface area (Å²) >= 11 is 0. The topological polar surface area (TPSA) is 29.3 Å². The molecule has 1 aromatic rings. The SMILES string of the molecule is CCCCCN(CCC(N)c1cc(C)cc(C)c1)C(C)C. The summed E-state index contributed by atoms with van der Waals surface area (Å²) in [7, 11) is 0. The van der Waals surface area contributed by atoms with Crippen LogP contribution >= 0.6 is 0 Å². The number of rotatable bonds is 9. The maximum atomic E-state index is 6.41. The molecular weight excluding hydrogens is 256 g/mol. The molecule has 0 heterocycles. The van der Waals surface area contributed by atoms with E-state index in [1.165, 1.54) is 42.5 Å². The summed E-state index contributed by atoms with van der Waals surface area (Å²) < 4.78 is 0. The number of nitrogens with zero attached hydrogens (tertiary/aromatic N) is 1. The monoisotopic (exact) mass is 290 g/mol. The standard InChI is InChI=1S/C19H34N2/c1-6-7-8-10-21(15(2)3)11-9-19(20)18-13-16(4)12-17(5)14-18/h12-15,19H,6-11,20H2,1-5H3. The van der Waals surface area contributed by atoms with E-state index < -0.39 is 0 Å². The van der Waals surface area contributed by atoms with Crippen LogP contribution in [0, 0.1) is 13.8 Å². The number of benzene rings is 1. The van der Waals surface area contributed by atoms with E-state index in [0.29, 0.717) is 6.04 Å². The third-order valence-corrected chi connectivity index (χ3v) is 4.18. The molecule has 0 bridgehead atoms. The van der Waals surface area contributed by atoms with Crippen LogP contribution < -0.4 is 5.73 Å². The van der Waals surface area contributed by atoms with E-state index in [2.05, 4.69) is 57.7 Å². The van der Waals surface area contributed by atoms with E-state index in [1.807, 2.05) is 0 Å². The second kappa shape index (κ2) is 9.22. The van der Waals surface area contributed by atoms with E-state index in [-0.39, 0.29) is 6.04 Å². The van der Waals surface area contributed by atoms with E-state index in [4.69, 9.17) is 5.73 Å². The van der Waals surface area contributed by atoms with Gasteiger partial charge in [0.2, 0.25) is 0 Å². The lowest BCUT2D eigenvalue weighted by molar-refractivity contribution is 0.209. The molecule has 0 aliphatic rings. The van der Waals surface area contributed by atoms with Gasteiger partial charge in [0.25, 0.3) is 0 Å². The molecular formula is C19H34N2. The van der Waals surface area contributed by atoms with Crippen LogP contribution in [0.25, 0.3) is 0 Å². The summed E-state index contributed by atoms with van der Waals surface area (Å²) in [4.78, 5) is 2.57. The molecule has 1 rings (SSSR count). The lowest BCUT2D eigenvalue weighted by Crippen LogP contribution is -2.34. The van der Waals surface area contributed by atoms with Crippen molar-refractivity contribution < 1.29 is 0 Å². The smallest absolute Gasteiger partial charge is 0.0307 e. The molecule has 0 amide bonds. The Morgan fingerprint density at radius 1 is 1.00 bits per heavy atom. The van der Waals surface area contributed by atoms with Crippen molar-refractivity contribution >= 4 is 0 Å². The molecule has 2 heteroatoms. The Hall–Kier alpha value is -0.860. The maximum absolute atomic E-state index is 6.41. The predicted molar refractivity (Wildman–Crippen MR) is 93.7 cm³/mol. The van der Waals surface area contributed by atoms with Gasteiger partial charge < -0.3 is 10.6 Å². The molecule has 0 aliphatic carbocycles. The molecule has 0 fully saturated rings. The highest BCUT2D eigenvalue weighted by Gasteiger charge is 2.13. The third-order valence-electron chi connectivity index (χ3n) is 4.18. The largest absolute Gasteiger partial charge is 0.324 e. The quantitative estimate of drug-likeness (QED) is 0.674. The first-order valence-electron chi connectivity index (χ1n) is 8.51. The molecule has 0 saturated carbocycles. The van der Waals surface area contributed by atoms with Crippen LogP contribution in [0.2, 0.25) is 0 Å². The van der Waals surface area contributed by atoms with Gasteiger partial charge in [-0.3, -0.25) is 0 Å². The third kappa shape index (κ3) is 6.62. The predicted octanol–water partition coefficient (Wildman–Crippen LogP) is 4.59. The van der Waals surface area contributed by atoms with Crippen molar-refractivity contribution in [1.82, 2.24) is 4.90 Å². The Kier molecular flexibility index (Phi) is 7.98. The van der Waals surface area contributed by atoms with E-state index in [0.717, 1.165) is 13.0 Å². The van der Waals surface area contributed by atoms with Gasteiger partial charge in [0.15, 0.2) is 0 Å². The first kappa shape index (κ1) is 18.2. The average Bonchev–Trinajstić information content (AvgIpc) is 2.40. The Balaban J connectivity index is 2.54. The molecule has 0 spiro atoms. The minimum atomic E-state index is 0.149. The molecule has 2 nitrogen and oxygen atoms in total. The minimum absolute atomic E-state index is 0.149. The zero-order valence-corrected chi connectivity index (χ0v) is 14.7. The zero-order valence-electron chi connectivity index (χ0n) is 14.7. The normalized spacial score (nSPS) is 13.1. The summed E-state index contributed by atoms with van der Waals surface area (Å²) in [6.45, 7) is 13.4. The van der Waals surface area contributed by atoms with Crippen molar-refractivity contribution in [3.63, 3.8) is 0 Å². The van der Waals surface area contributed by atoms with Gasteiger partial charge in [0.1, 0.15) is 0 Å². The summed E-state index contributed by atoms with van der Waals surface area (Å²) in [6, 6.07) is 7.42. The minimum Gasteiger partial charge on any atom is -0.324 e. The van der Waals surface area contributed by atoms with Gasteiger partial charge in [-0.25, -0.2) is 0 Å². The zero-order chi connectivity index (χ0) is 15.8. The van der Waals surface area contributed by atoms with Crippen molar-refractivity contribution in [2.24, 2.45) is 5.73 Å². The highest BCUT2D eigenvalue weighted by molar-refractivity contribution is 5.30. The maximum Gasteiger partial charge on any atom is 0.0307 e. The highest BCUT2D eigenvalue weighted by Crippen LogP contribution is 2.19. The first-order valence-corrected chi connectivity index (χ1v) is 8.51. The summed E-state index contributed by atoms with van der Waals surface area (Å²) in [5.74, 6) is 0. The van der Waals surface area contributed by atoms with Crippen molar-refractivity contribution in [3.8, 4) is 0 Å². The van der Waals surface area contributed by atoms with Crippen LogP contribution in [0.3, 0.4) is 0 Å². The van der Waals surface area contributed by atoms with Gasteiger partial charge in [-0.05, 0) is 52.6 Å². The lowest BCUT2D eigenvalue weighted by atomic mass is 9.99. The number of unbranched alkanes of at least 4 members (excludes halogenated alkanes) is 2. The van der Waals surface area contributed by atoms with Gasteiger partial charge in [0, 0.05) is 18.6 Å². The molecule has 1 atom stereocenters. The van der Waals surface area contributed by atoms with Gasteiger partial charge >= 0.3 is 0 Å². The van der Waals surface area contributed by atoms with Crippen LogP contribution in [0.1, 0.15) is 69.2 Å². The van der Waals surface area contributed by atoms with Crippen LogP contribution in [0.5, 0.6) is 0 Å². The summed E-state index contributed by atoms with van der Waals surface area (Å²) in [5, 5.41) is 0. The van der Waals surface area contributed by atoms with Gasteiger partial charge in [-0.1, -0.05) is 49.1 Å². The van der Waals surface area contributed by atoms with Crippen molar-refractivity contribution in [1.29, 1.82) is 0 Å². The van der Waals surface area contributed by atoms with Gasteiger partial charge in [-0.15, -0.1) is 0 Å². The highest BCUT2D eigenvalue weighted by atomic mass is 15.1. The first-order chi connectivity index (χ1) is 9.93. The molecule has 0 aliphatic heterocycles. The number of aryl methyl sites for hydroxylation is 2. The van der Waals surface area contributed by atoms with Crippen LogP contribution in [-0.2, 0) is 0 Å². The van der Waals surface area contributed by atoms with Crippen molar-refractivity contribution in [2.75, 3.05) is 13.1 Å². The van der Waals surface area contributed by atoms with Crippen LogP contribution in [0.15, 0.2) is 18.2 Å². The average molecular weight is 290 g/mol. The summed E-state index contributed by atoms with van der Waals surface area (Å²) in [6.07, 6.45) is 4.95. The Bertz CT molecular complexity index is 392. The fourth-order valence-electron chi connectivity index (χ4n) is 2.89. The molecule has 120 valence electrons. The summed E-state index contributed by atoms with van der Waals surface area (Å²) in [5.41, 5.74) is 10.3. The van der Waals surface area contributed by atoms with Gasteiger partial charge in [-0.2, -0.15) is 0 Å². The fraction of sp³-hybridized carbons (Fsp3) is 0.684. The van der Waals surface area contributed by atoms with E-state index in [1.54, 1.807) is 0 Å². The Labute approximate surface area is 131 Å². The van der Waals surface area contributed by atoms with Crippen LogP contribution in [0.4, 0.5) is 0 Å². The molecule has 0 aromatic heterocycles. The molecule has 0 saturated heterocycles. The Morgan fingerprint density at radius 3 is 2.14 bits per heavy atom. The van der Waals surface area contributed by atoms with Crippen molar-refractivity contribution in [2.45, 2.75) is 72.4 Å². The second-order valence-corrected chi connectivity index (χ2v) is 6.65. The van der Waals surface area contributed by atoms with Crippen molar-refractivity contribution in [3.05, 3.63) is 34.9 Å². The van der Waals surface area contributed by atoms with E-state index >= 15 is 0 Å². The van der Waals surface area contributed by atoms with E-state index in [9.17, 15) is 0 Å². The number of hydrogen-bond acceptors (Lipinski definition) is 2. The van der Waals surface area contributed by atoms with Gasteiger partial charge in [0.05, 0.1) is 0 Å². The fourth-order valence-corrected chi connectivity index (χ4v) is 2.89. The molecule has 1 unspecified atom stereocenters. The van der Waals surface area contributed by atoms with Crippen LogP contribution in [-0.4, -0.2) is 24.0 Å². The lowest BCUT2D eigenvalue weighted by Gasteiger charge is -2.28. The Morgan fingerprint density at radius 2 is 1.62 bits per heavy atom. The molecule has 0 radical (unpaired) electrons. The second-order valence-electron chi connectivity index (χ2n) is 6.65. The molecule has 2 N–H and O–H groups in total. The molecule has 21 heavy (non-hydrogen) atoms. The molecule has 1 aromatic carbocycles. The number of nitrogens with two attached hydrogens (primary N) is 1.